The third-order valence-electron chi connectivity index (χ3n) is 25.9. The normalized spacial score (nSPS) is 13.9. The van der Waals surface area contributed by atoms with E-state index in [2.05, 4.69) is 235 Å². The molecule has 0 atom stereocenters. The largest absolute Gasteiger partial charge is 0.495 e. The SMILES string of the molecule is C.C.C.CCc1cccc(CC)c1-n1nc2c(c1-c1ccc(OC)c3[nH]ccc13)CN(c1ncc(C(F)(F)F)cn1)CC2.CCc1cccc(CC)c1-n1nc2c(c1-c1ccc(OC)c3[nH]ccc13)CNCC2.CCc1cccc(CC)c1-n1nc2c(c1Br)CN(C(=O)OC(C)(C)C)CC2.COc1ccc(B2OC(C)(C)C(C)(C)O2)c2cc[nH]c12.COc1ccc(Br)c2cc[nH]c12.Cl.FC(F)(F)c1cnc(Cl)nc1. The van der Waals surface area contributed by atoms with Crippen molar-refractivity contribution in [3.05, 3.63) is 270 Å². The van der Waals surface area contributed by atoms with Crippen LogP contribution in [0.15, 0.2) is 186 Å². The molecule has 13 heterocycles. The van der Waals surface area contributed by atoms with Crippen LogP contribution in [-0.2, 0) is 104 Å². The van der Waals surface area contributed by atoms with Gasteiger partial charge in [0.1, 0.15) is 33.2 Å². The molecule has 766 valence electrons. The van der Waals surface area contributed by atoms with Crippen LogP contribution in [0.1, 0.15) is 191 Å². The summed E-state index contributed by atoms with van der Waals surface area (Å²) < 4.78 is 123. The molecule has 25 nitrogen and oxygen atoms in total. The molecule has 4 aliphatic rings. The highest BCUT2D eigenvalue weighted by Crippen LogP contribution is 2.46. The number of halogens is 10. The number of aryl methyl sites for hydroxylation is 6. The van der Waals surface area contributed by atoms with Crippen LogP contribution >= 0.6 is 55.9 Å². The van der Waals surface area contributed by atoms with Crippen LogP contribution in [-0.4, -0.2) is 152 Å². The summed E-state index contributed by atoms with van der Waals surface area (Å²) in [6, 6.07) is 43.8. The molecule has 0 bridgehead atoms. The number of methoxy groups -OCH3 is 4. The van der Waals surface area contributed by atoms with Gasteiger partial charge in [0.2, 0.25) is 11.2 Å². The topological polar surface area (TPSA) is 268 Å². The zero-order valence-electron chi connectivity index (χ0n) is 81.9. The summed E-state index contributed by atoms with van der Waals surface area (Å²) in [5.41, 5.74) is 24.1. The number of amides is 1. The number of para-hydroxylation sites is 3. The van der Waals surface area contributed by atoms with E-state index in [9.17, 15) is 31.1 Å². The second kappa shape index (κ2) is 47.3. The molecule has 144 heavy (non-hydrogen) atoms. The molecule has 0 saturated carbocycles. The number of aromatic amines is 4. The number of aromatic nitrogens is 14. The maximum absolute atomic E-state index is 13.1. The molecule has 4 aliphatic heterocycles. The summed E-state index contributed by atoms with van der Waals surface area (Å²) in [5, 5.41) is 23.0. The summed E-state index contributed by atoms with van der Waals surface area (Å²) in [4.78, 5) is 43.7. The van der Waals surface area contributed by atoms with Gasteiger partial charge in [-0.15, -0.1) is 12.4 Å². The van der Waals surface area contributed by atoms with Gasteiger partial charge < -0.3 is 68.0 Å². The van der Waals surface area contributed by atoms with Crippen LogP contribution in [0.2, 0.25) is 5.28 Å². The molecule has 0 aliphatic carbocycles. The minimum absolute atomic E-state index is 0. The van der Waals surface area contributed by atoms with Gasteiger partial charge in [-0.3, -0.25) is 0 Å². The van der Waals surface area contributed by atoms with Gasteiger partial charge in [0, 0.05) is 155 Å². The first-order valence-corrected chi connectivity index (χ1v) is 48.8. The zero-order chi connectivity index (χ0) is 100. The second-order valence-corrected chi connectivity index (χ2v) is 38.0. The van der Waals surface area contributed by atoms with Gasteiger partial charge >= 0.3 is 25.6 Å². The fourth-order valence-electron chi connectivity index (χ4n) is 18.0. The number of H-pyrrole nitrogens is 4. The van der Waals surface area contributed by atoms with Crippen molar-refractivity contribution in [3.8, 4) is 62.6 Å². The van der Waals surface area contributed by atoms with Crippen LogP contribution in [0, 0.1) is 0 Å². The predicted octanol–water partition coefficient (Wildman–Crippen LogP) is 26.3. The van der Waals surface area contributed by atoms with Crippen molar-refractivity contribution in [2.75, 3.05) is 53.0 Å². The van der Waals surface area contributed by atoms with Crippen molar-refractivity contribution < 1.29 is 64.1 Å². The number of nitrogens with zero attached hydrogens (tertiary/aromatic N) is 12. The molecule has 0 unspecified atom stereocenters. The number of anilines is 1. The summed E-state index contributed by atoms with van der Waals surface area (Å²) in [5.74, 6) is 3.57. The van der Waals surface area contributed by atoms with Gasteiger partial charge in [0.15, 0.2) is 0 Å². The first-order valence-electron chi connectivity index (χ1n) is 46.8. The molecule has 9 aromatic heterocycles. The lowest BCUT2D eigenvalue weighted by Gasteiger charge is -2.32. The van der Waals surface area contributed by atoms with E-state index in [1.807, 2.05) is 104 Å². The second-order valence-electron chi connectivity index (χ2n) is 36.0. The number of fused-ring (bicyclic) bond motifs is 7. The highest BCUT2D eigenvalue weighted by molar-refractivity contribution is 9.11. The van der Waals surface area contributed by atoms with E-state index in [0.717, 1.165) is 203 Å². The van der Waals surface area contributed by atoms with Gasteiger partial charge in [-0.05, 0) is 220 Å². The number of carbonyl (C=O) groups excluding carboxylic acids is 1. The number of hydrogen-bond donors (Lipinski definition) is 5. The van der Waals surface area contributed by atoms with Gasteiger partial charge in [-0.1, -0.05) is 140 Å². The monoisotopic (exact) mass is 2140 g/mol. The Labute approximate surface area is 865 Å². The molecule has 5 N–H and O–H groups in total. The van der Waals surface area contributed by atoms with Crippen LogP contribution in [0.25, 0.3) is 83.2 Å². The predicted molar refractivity (Wildman–Crippen MR) is 572 cm³/mol. The highest BCUT2D eigenvalue weighted by Gasteiger charge is 2.52. The average molecular weight is 2150 g/mol. The number of hydrogen-bond acceptors (Lipinski definition) is 17. The van der Waals surface area contributed by atoms with Crippen molar-refractivity contribution in [2.24, 2.45) is 0 Å². The van der Waals surface area contributed by atoms with Crippen molar-refractivity contribution in [2.45, 2.75) is 219 Å². The fourth-order valence-corrected chi connectivity index (χ4v) is 19.2. The lowest BCUT2D eigenvalue weighted by molar-refractivity contribution is -0.138. The maximum Gasteiger partial charge on any atom is 0.495 e. The Bertz CT molecular complexity index is 7030. The number of carbonyl (C=O) groups is 1. The first kappa shape index (κ1) is 112. The molecule has 36 heteroatoms. The first-order chi connectivity index (χ1) is 67.0. The number of nitrogens with one attached hydrogen (secondary N) is 5. The Balaban J connectivity index is 0.000000172. The van der Waals surface area contributed by atoms with Crippen LogP contribution < -0.4 is 34.6 Å². The van der Waals surface area contributed by atoms with E-state index in [-0.39, 0.29) is 70.3 Å². The van der Waals surface area contributed by atoms with Gasteiger partial charge in [-0.25, -0.2) is 38.8 Å². The summed E-state index contributed by atoms with van der Waals surface area (Å²) in [7, 11) is 6.35. The average Bonchev–Trinajstić information content (AvgIpc) is 1.34. The van der Waals surface area contributed by atoms with Crippen molar-refractivity contribution >= 4 is 124 Å². The number of ether oxygens (including phenoxy) is 5. The lowest BCUT2D eigenvalue weighted by Crippen LogP contribution is -2.41. The van der Waals surface area contributed by atoms with Crippen molar-refractivity contribution in [3.63, 3.8) is 0 Å². The number of alkyl halides is 6. The molecule has 7 aromatic carbocycles. The molecule has 0 spiro atoms. The summed E-state index contributed by atoms with van der Waals surface area (Å²) in [6.07, 6.45) is 9.35. The quantitative estimate of drug-likeness (QED) is 0.0322. The van der Waals surface area contributed by atoms with Crippen LogP contribution in [0.3, 0.4) is 0 Å². The molecule has 1 fully saturated rings. The highest BCUT2D eigenvalue weighted by atomic mass is 79.9. The van der Waals surface area contributed by atoms with E-state index in [0.29, 0.717) is 45.0 Å². The van der Waals surface area contributed by atoms with Gasteiger partial charge in [0.05, 0.1) is 125 Å². The van der Waals surface area contributed by atoms with Crippen LogP contribution in [0.5, 0.6) is 23.0 Å². The third kappa shape index (κ3) is 23.5. The standard InChI is InChI=1S/C30H29F3N6O.C25H28N4O.C21H28BrN3O2.C15H20BNO3.C9H8BrNO.C5H2ClF3N2.3CH4.ClH/c1-4-18-7-6-8-19(5-2)27(18)39-28(22-9-10-25(40-3)26-21(22)11-13-34-26)23-17-38(14-12-24(23)37-39)29-35-15-20(16-36-29)30(31,32)33;1-4-16-7-6-8-17(5-2)24(16)29-25(20-15-26-13-12-21(20)28-29)19-9-10-22(30-3)23-18(19)11-14-27-23;1-6-14-9-8-10-15(7-2)18(14)25-19(22)16-13-24(12-11-17(16)23-25)20(26)27-21(3,4)5;1-14(2)15(3,4)20-16(19-14)11-6-7-12(18-5)13-10(11)8-9-17-13;1-12-8-3-2-7(10)6-4-5-11-9(6)8;6-4-10-1-3(2-11-4)5(7,8)9;;;;/h6-11,13,15-16,34H,4-5,12,14,17H2,1-3H3;6-11,14,26-27H,4-5,12-13,15H2,1-3H3;8-10H,6-7,11-13H2,1-5H3;6-9,17H,1-5H3;2-5,11H,1H3;1-2H;3*1H4;1H. The Morgan fingerprint density at radius 2 is 0.847 bits per heavy atom. The Morgan fingerprint density at radius 1 is 0.472 bits per heavy atom. The van der Waals surface area contributed by atoms with Gasteiger partial charge in [0.25, 0.3) is 0 Å². The maximum atomic E-state index is 13.1. The molecule has 16 aromatic rings. The van der Waals surface area contributed by atoms with E-state index in [1.54, 1.807) is 33.3 Å². The zero-order valence-corrected chi connectivity index (χ0v) is 86.6. The van der Waals surface area contributed by atoms with E-state index < -0.39 is 29.1 Å². The molecule has 1 saturated heterocycles. The number of benzene rings is 7. The summed E-state index contributed by atoms with van der Waals surface area (Å²) in [6.45, 7) is 30.9. The molecule has 1 amide bonds. The van der Waals surface area contributed by atoms with E-state index in [4.69, 9.17) is 59.9 Å². The third-order valence-corrected chi connectivity index (χ3v) is 27.6. The Kier molecular flexibility index (Phi) is 36.9. The summed E-state index contributed by atoms with van der Waals surface area (Å²) >= 11 is 12.4. The smallest absolute Gasteiger partial charge is 0.495 e. The Hall–Kier alpha value is -12.2. The van der Waals surface area contributed by atoms with Crippen molar-refractivity contribution in [1.29, 1.82) is 0 Å². The van der Waals surface area contributed by atoms with E-state index in [1.165, 1.54) is 61.6 Å². The van der Waals surface area contributed by atoms with Gasteiger partial charge in [-0.2, -0.15) is 41.6 Å². The molecule has 20 rings (SSSR count). The number of rotatable bonds is 17. The lowest BCUT2D eigenvalue weighted by atomic mass is 9.77. The minimum atomic E-state index is -4.48. The minimum Gasteiger partial charge on any atom is -0.495 e. The Morgan fingerprint density at radius 3 is 1.28 bits per heavy atom. The van der Waals surface area contributed by atoms with Crippen LogP contribution in [0.4, 0.5) is 37.1 Å². The molecule has 0 radical (unpaired) electrons. The molecular weight excluding hydrogens is 2020 g/mol. The fraction of sp³-hybridized carbons (Fsp3) is 0.370. The van der Waals surface area contributed by atoms with E-state index >= 15 is 0 Å². The molecular formula is C108H128BBr2Cl2F6N17O8. The van der Waals surface area contributed by atoms with Crippen molar-refractivity contribution in [1.82, 2.24) is 79.4 Å².